The first kappa shape index (κ1) is 15.4. The van der Waals surface area contributed by atoms with Crippen molar-refractivity contribution in [3.8, 4) is 0 Å². The third-order valence-corrected chi connectivity index (χ3v) is 3.77. The van der Waals surface area contributed by atoms with Gasteiger partial charge in [0.1, 0.15) is 5.82 Å². The number of benzene rings is 1. The lowest BCUT2D eigenvalue weighted by molar-refractivity contribution is 0.487. The van der Waals surface area contributed by atoms with Crippen LogP contribution in [-0.4, -0.2) is 9.97 Å². The van der Waals surface area contributed by atoms with E-state index < -0.39 is 0 Å². The maximum Gasteiger partial charge on any atom is 0.255 e. The molecule has 0 bridgehead atoms. The normalized spacial score (nSPS) is 14.0. The average molecular weight is 285 g/mol. The molecule has 112 valence electrons. The van der Waals surface area contributed by atoms with E-state index in [1.54, 1.807) is 6.92 Å². The molecule has 2 atom stereocenters. The minimum Gasteiger partial charge on any atom is -0.310 e. The van der Waals surface area contributed by atoms with Crippen LogP contribution in [0.5, 0.6) is 0 Å². The van der Waals surface area contributed by atoms with E-state index >= 15 is 0 Å². The van der Waals surface area contributed by atoms with E-state index in [4.69, 9.17) is 0 Å². The quantitative estimate of drug-likeness (QED) is 0.907. The third kappa shape index (κ3) is 3.58. The topological polar surface area (TPSA) is 57.8 Å². The molecule has 2 N–H and O–H groups in total. The van der Waals surface area contributed by atoms with Crippen LogP contribution in [0.4, 0.5) is 0 Å². The highest BCUT2D eigenvalue weighted by Gasteiger charge is 2.17. The van der Waals surface area contributed by atoms with E-state index in [0.717, 1.165) is 5.69 Å². The lowest BCUT2D eigenvalue weighted by Crippen LogP contribution is -2.29. The molecule has 0 saturated carbocycles. The fourth-order valence-electron chi connectivity index (χ4n) is 2.66. The zero-order valence-electron chi connectivity index (χ0n) is 13.3. The molecule has 0 aliphatic heterocycles. The Balaban J connectivity index is 2.20. The highest BCUT2D eigenvalue weighted by Crippen LogP contribution is 2.19. The second-order valence-electron chi connectivity index (χ2n) is 5.67. The van der Waals surface area contributed by atoms with E-state index in [2.05, 4.69) is 53.4 Å². The number of H-pyrrole nitrogens is 1. The Morgan fingerprint density at radius 1 is 1.05 bits per heavy atom. The first-order valence-corrected chi connectivity index (χ1v) is 7.28. The van der Waals surface area contributed by atoms with Gasteiger partial charge in [-0.1, -0.05) is 29.8 Å². The van der Waals surface area contributed by atoms with Crippen molar-refractivity contribution in [3.63, 3.8) is 0 Å². The highest BCUT2D eigenvalue weighted by molar-refractivity contribution is 5.25. The van der Waals surface area contributed by atoms with E-state index in [-0.39, 0.29) is 17.6 Å². The lowest BCUT2D eigenvalue weighted by atomic mass is 10.0. The summed E-state index contributed by atoms with van der Waals surface area (Å²) in [5.41, 5.74) is 3.89. The number of aryl methyl sites for hydroxylation is 3. The Bertz CT molecular complexity index is 673. The Morgan fingerprint density at radius 3 is 2.24 bits per heavy atom. The fourth-order valence-corrected chi connectivity index (χ4v) is 2.66. The van der Waals surface area contributed by atoms with Gasteiger partial charge in [0.2, 0.25) is 0 Å². The smallest absolute Gasteiger partial charge is 0.255 e. The van der Waals surface area contributed by atoms with Crippen molar-refractivity contribution in [1.29, 1.82) is 0 Å². The molecule has 0 aliphatic rings. The van der Waals surface area contributed by atoms with Crippen molar-refractivity contribution < 1.29 is 0 Å². The van der Waals surface area contributed by atoms with E-state index in [0.29, 0.717) is 11.4 Å². The van der Waals surface area contributed by atoms with Gasteiger partial charge >= 0.3 is 0 Å². The van der Waals surface area contributed by atoms with Crippen LogP contribution in [0.2, 0.25) is 0 Å². The summed E-state index contributed by atoms with van der Waals surface area (Å²) in [6, 6.07) is 8.54. The summed E-state index contributed by atoms with van der Waals surface area (Å²) in [5.74, 6) is 0.653. The van der Waals surface area contributed by atoms with E-state index in [9.17, 15) is 4.79 Å². The maximum atomic E-state index is 12.1. The SMILES string of the molecule is Cc1ccc(C(C)NC(C)c2c(C)nc(C)[nH]c2=O)cc1. The van der Waals surface area contributed by atoms with Crippen LogP contribution in [0.15, 0.2) is 29.1 Å². The van der Waals surface area contributed by atoms with Gasteiger partial charge in [-0.2, -0.15) is 0 Å². The Hall–Kier alpha value is -1.94. The summed E-state index contributed by atoms with van der Waals surface area (Å²) in [6.45, 7) is 9.86. The first-order chi connectivity index (χ1) is 9.88. The molecule has 1 heterocycles. The predicted octanol–water partition coefficient (Wildman–Crippen LogP) is 3.11. The number of nitrogens with one attached hydrogen (secondary N) is 2. The molecule has 1 aromatic heterocycles. The molecule has 0 saturated heterocycles. The molecule has 2 aromatic rings. The standard InChI is InChI=1S/C17H23N3O/c1-10-6-8-15(9-7-10)11(2)18-12(3)16-13(4)19-14(5)20-17(16)21/h6-9,11-12,18H,1-5H3,(H,19,20,21). The molecule has 0 radical (unpaired) electrons. The van der Waals surface area contributed by atoms with Crippen LogP contribution in [0.25, 0.3) is 0 Å². The maximum absolute atomic E-state index is 12.1. The lowest BCUT2D eigenvalue weighted by Gasteiger charge is -2.21. The summed E-state index contributed by atoms with van der Waals surface area (Å²) < 4.78 is 0. The number of aromatic nitrogens is 2. The van der Waals surface area contributed by atoms with Gasteiger partial charge in [0.25, 0.3) is 5.56 Å². The molecule has 4 nitrogen and oxygen atoms in total. The van der Waals surface area contributed by atoms with E-state index in [1.807, 2.05) is 13.8 Å². The van der Waals surface area contributed by atoms with Crippen LogP contribution < -0.4 is 10.9 Å². The van der Waals surface area contributed by atoms with Crippen LogP contribution in [-0.2, 0) is 0 Å². The molecule has 0 spiro atoms. The molecule has 0 amide bonds. The molecule has 4 heteroatoms. The molecule has 0 fully saturated rings. The number of hydrogen-bond acceptors (Lipinski definition) is 3. The second-order valence-corrected chi connectivity index (χ2v) is 5.67. The Labute approximate surface area is 125 Å². The zero-order chi connectivity index (χ0) is 15.6. The van der Waals surface area contributed by atoms with Crippen molar-refractivity contribution >= 4 is 0 Å². The Morgan fingerprint density at radius 2 is 1.67 bits per heavy atom. The monoisotopic (exact) mass is 285 g/mol. The minimum atomic E-state index is -0.0592. The zero-order valence-corrected chi connectivity index (χ0v) is 13.3. The molecular formula is C17H23N3O. The number of nitrogens with zero attached hydrogens (tertiary/aromatic N) is 1. The Kier molecular flexibility index (Phi) is 4.58. The highest BCUT2D eigenvalue weighted by atomic mass is 16.1. The largest absolute Gasteiger partial charge is 0.310 e. The second kappa shape index (κ2) is 6.22. The minimum absolute atomic E-state index is 0.0573. The van der Waals surface area contributed by atoms with Crippen LogP contribution in [0, 0.1) is 20.8 Å². The van der Waals surface area contributed by atoms with Gasteiger partial charge in [-0.05, 0) is 40.2 Å². The van der Waals surface area contributed by atoms with Crippen LogP contribution in [0.1, 0.15) is 54.1 Å². The summed E-state index contributed by atoms with van der Waals surface area (Å²) in [5, 5.41) is 3.47. The molecule has 2 rings (SSSR count). The summed E-state index contributed by atoms with van der Waals surface area (Å²) >= 11 is 0. The predicted molar refractivity (Wildman–Crippen MR) is 85.5 cm³/mol. The van der Waals surface area contributed by atoms with Crippen LogP contribution >= 0.6 is 0 Å². The van der Waals surface area contributed by atoms with Crippen molar-refractivity contribution in [1.82, 2.24) is 15.3 Å². The molecule has 2 unspecified atom stereocenters. The first-order valence-electron chi connectivity index (χ1n) is 7.28. The van der Waals surface area contributed by atoms with Gasteiger partial charge in [0.15, 0.2) is 0 Å². The van der Waals surface area contributed by atoms with Gasteiger partial charge in [-0.3, -0.25) is 4.79 Å². The van der Waals surface area contributed by atoms with Gasteiger partial charge < -0.3 is 10.3 Å². The summed E-state index contributed by atoms with van der Waals surface area (Å²) in [7, 11) is 0. The average Bonchev–Trinajstić information content (AvgIpc) is 2.37. The van der Waals surface area contributed by atoms with Crippen molar-refractivity contribution in [2.75, 3.05) is 0 Å². The van der Waals surface area contributed by atoms with Gasteiger partial charge in [-0.25, -0.2) is 4.98 Å². The van der Waals surface area contributed by atoms with Gasteiger partial charge in [0.05, 0.1) is 5.56 Å². The molecule has 1 aromatic carbocycles. The fraction of sp³-hybridized carbons (Fsp3) is 0.412. The third-order valence-electron chi connectivity index (χ3n) is 3.77. The molecular weight excluding hydrogens is 262 g/mol. The van der Waals surface area contributed by atoms with Crippen LogP contribution in [0.3, 0.4) is 0 Å². The van der Waals surface area contributed by atoms with E-state index in [1.165, 1.54) is 11.1 Å². The molecule has 0 aliphatic carbocycles. The van der Waals surface area contributed by atoms with Gasteiger partial charge in [-0.15, -0.1) is 0 Å². The number of aromatic amines is 1. The van der Waals surface area contributed by atoms with Gasteiger partial charge in [0, 0.05) is 17.8 Å². The number of hydrogen-bond donors (Lipinski definition) is 2. The van der Waals surface area contributed by atoms with Crippen molar-refractivity contribution in [2.24, 2.45) is 0 Å². The summed E-state index contributed by atoms with van der Waals surface area (Å²) in [4.78, 5) is 19.3. The molecule has 21 heavy (non-hydrogen) atoms. The van der Waals surface area contributed by atoms with Crippen molar-refractivity contribution in [3.05, 3.63) is 62.8 Å². The van der Waals surface area contributed by atoms with Crippen molar-refractivity contribution in [2.45, 2.75) is 46.7 Å². The summed E-state index contributed by atoms with van der Waals surface area (Å²) in [6.07, 6.45) is 0. The number of rotatable bonds is 4.